The maximum absolute atomic E-state index is 9.19. The van der Waals surface area contributed by atoms with Gasteiger partial charge in [0.2, 0.25) is 0 Å². The fourth-order valence-electron chi connectivity index (χ4n) is 1.06. The first kappa shape index (κ1) is 8.62. The second-order valence-corrected chi connectivity index (χ2v) is 2.85. The molecule has 0 aliphatic carbocycles. The molecule has 4 heteroatoms. The van der Waals surface area contributed by atoms with Gasteiger partial charge in [-0.15, -0.1) is 0 Å². The quantitative estimate of drug-likeness (QED) is 0.792. The van der Waals surface area contributed by atoms with Gasteiger partial charge in [-0.3, -0.25) is 0 Å². The second-order valence-electron chi connectivity index (χ2n) is 2.85. The standard InChI is InChI=1S/C10H9NO3/c1-7-10(6-11-14-7)13-9-4-2-3-8(12)5-9/h2-6,12H,1H3. The van der Waals surface area contributed by atoms with Crippen molar-refractivity contribution in [1.29, 1.82) is 0 Å². The summed E-state index contributed by atoms with van der Waals surface area (Å²) >= 11 is 0. The molecule has 0 atom stereocenters. The first-order chi connectivity index (χ1) is 6.75. The number of hydrogen-bond donors (Lipinski definition) is 1. The number of benzene rings is 1. The Hall–Kier alpha value is -1.97. The molecule has 0 unspecified atom stereocenters. The van der Waals surface area contributed by atoms with E-state index < -0.39 is 0 Å². The van der Waals surface area contributed by atoms with Crippen LogP contribution < -0.4 is 4.74 Å². The Balaban J connectivity index is 2.23. The van der Waals surface area contributed by atoms with Gasteiger partial charge in [-0.2, -0.15) is 0 Å². The maximum Gasteiger partial charge on any atom is 0.189 e. The van der Waals surface area contributed by atoms with Crippen molar-refractivity contribution in [1.82, 2.24) is 5.16 Å². The highest BCUT2D eigenvalue weighted by molar-refractivity contribution is 5.35. The molecular weight excluding hydrogens is 182 g/mol. The van der Waals surface area contributed by atoms with Gasteiger partial charge in [0.05, 0.1) is 0 Å². The summed E-state index contributed by atoms with van der Waals surface area (Å²) in [6.07, 6.45) is 1.49. The van der Waals surface area contributed by atoms with Gasteiger partial charge in [0.1, 0.15) is 17.7 Å². The van der Waals surface area contributed by atoms with Gasteiger partial charge in [-0.05, 0) is 12.1 Å². The lowest BCUT2D eigenvalue weighted by atomic mass is 10.3. The number of ether oxygens (including phenoxy) is 1. The molecule has 2 aromatic rings. The number of aromatic nitrogens is 1. The molecule has 0 spiro atoms. The minimum Gasteiger partial charge on any atom is -0.508 e. The molecule has 0 radical (unpaired) electrons. The summed E-state index contributed by atoms with van der Waals surface area (Å²) in [7, 11) is 0. The number of phenols is 1. The van der Waals surface area contributed by atoms with Gasteiger partial charge in [-0.25, -0.2) is 0 Å². The first-order valence-electron chi connectivity index (χ1n) is 4.14. The third-order valence-corrected chi connectivity index (χ3v) is 1.75. The number of aryl methyl sites for hydroxylation is 1. The third kappa shape index (κ3) is 1.69. The van der Waals surface area contributed by atoms with Crippen molar-refractivity contribution in [2.45, 2.75) is 6.92 Å². The predicted molar refractivity (Wildman–Crippen MR) is 49.4 cm³/mol. The van der Waals surface area contributed by atoms with Crippen molar-refractivity contribution in [3.8, 4) is 17.2 Å². The van der Waals surface area contributed by atoms with Crippen LogP contribution in [0.1, 0.15) is 5.76 Å². The molecule has 0 aliphatic heterocycles. The van der Waals surface area contributed by atoms with Gasteiger partial charge < -0.3 is 14.4 Å². The Bertz CT molecular complexity index is 436. The lowest BCUT2D eigenvalue weighted by molar-refractivity contribution is 0.385. The lowest BCUT2D eigenvalue weighted by Gasteiger charge is -2.02. The zero-order valence-corrected chi connectivity index (χ0v) is 7.60. The SMILES string of the molecule is Cc1oncc1Oc1cccc(O)c1. The van der Waals surface area contributed by atoms with Gasteiger partial charge in [0.25, 0.3) is 0 Å². The fraction of sp³-hybridized carbons (Fsp3) is 0.100. The van der Waals surface area contributed by atoms with Crippen molar-refractivity contribution in [3.05, 3.63) is 36.2 Å². The van der Waals surface area contributed by atoms with Gasteiger partial charge in [-0.1, -0.05) is 11.2 Å². The summed E-state index contributed by atoms with van der Waals surface area (Å²) in [5, 5.41) is 12.8. The summed E-state index contributed by atoms with van der Waals surface area (Å²) in [6, 6.07) is 6.54. The molecule has 14 heavy (non-hydrogen) atoms. The average molecular weight is 191 g/mol. The largest absolute Gasteiger partial charge is 0.508 e. The molecular formula is C10H9NO3. The van der Waals surface area contributed by atoms with Gasteiger partial charge in [0.15, 0.2) is 11.5 Å². The molecule has 0 aliphatic rings. The van der Waals surface area contributed by atoms with E-state index in [-0.39, 0.29) is 5.75 Å². The van der Waals surface area contributed by atoms with E-state index >= 15 is 0 Å². The van der Waals surface area contributed by atoms with Crippen LogP contribution in [0.3, 0.4) is 0 Å². The lowest BCUT2D eigenvalue weighted by Crippen LogP contribution is -1.82. The molecule has 0 fully saturated rings. The van der Waals surface area contributed by atoms with Crippen LogP contribution in [0.4, 0.5) is 0 Å². The van der Waals surface area contributed by atoms with E-state index in [1.807, 2.05) is 0 Å². The van der Waals surface area contributed by atoms with E-state index in [1.165, 1.54) is 12.3 Å². The fourth-order valence-corrected chi connectivity index (χ4v) is 1.06. The van der Waals surface area contributed by atoms with Crippen molar-refractivity contribution < 1.29 is 14.4 Å². The van der Waals surface area contributed by atoms with Crippen molar-refractivity contribution in [3.63, 3.8) is 0 Å². The molecule has 1 aromatic heterocycles. The Morgan fingerprint density at radius 2 is 2.29 bits per heavy atom. The van der Waals surface area contributed by atoms with E-state index in [0.29, 0.717) is 17.3 Å². The number of rotatable bonds is 2. The average Bonchev–Trinajstić information content (AvgIpc) is 2.52. The summed E-state index contributed by atoms with van der Waals surface area (Å²) in [6.45, 7) is 1.76. The Labute approximate surface area is 80.7 Å². The molecule has 1 heterocycles. The minimum absolute atomic E-state index is 0.164. The summed E-state index contributed by atoms with van der Waals surface area (Å²) < 4.78 is 10.2. The Morgan fingerprint density at radius 3 is 2.93 bits per heavy atom. The monoisotopic (exact) mass is 191 g/mol. The molecule has 0 saturated carbocycles. The molecule has 0 bridgehead atoms. The summed E-state index contributed by atoms with van der Waals surface area (Å²) in [5.74, 6) is 1.87. The molecule has 0 amide bonds. The number of hydrogen-bond acceptors (Lipinski definition) is 4. The van der Waals surface area contributed by atoms with Crippen LogP contribution in [0.5, 0.6) is 17.2 Å². The van der Waals surface area contributed by atoms with Crippen molar-refractivity contribution in [2.24, 2.45) is 0 Å². The van der Waals surface area contributed by atoms with Crippen molar-refractivity contribution in [2.75, 3.05) is 0 Å². The van der Waals surface area contributed by atoms with E-state index in [9.17, 15) is 5.11 Å². The highest BCUT2D eigenvalue weighted by Gasteiger charge is 2.05. The Kier molecular flexibility index (Phi) is 2.10. The van der Waals surface area contributed by atoms with Crippen LogP contribution in [0.15, 0.2) is 35.0 Å². The maximum atomic E-state index is 9.19. The molecule has 2 rings (SSSR count). The summed E-state index contributed by atoms with van der Waals surface area (Å²) in [5.41, 5.74) is 0. The zero-order valence-electron chi connectivity index (χ0n) is 7.60. The highest BCUT2D eigenvalue weighted by Crippen LogP contribution is 2.26. The van der Waals surface area contributed by atoms with Crippen LogP contribution in [-0.2, 0) is 0 Å². The van der Waals surface area contributed by atoms with E-state index in [0.717, 1.165) is 0 Å². The third-order valence-electron chi connectivity index (χ3n) is 1.75. The molecule has 0 saturated heterocycles. The topological polar surface area (TPSA) is 55.5 Å². The van der Waals surface area contributed by atoms with E-state index in [2.05, 4.69) is 5.16 Å². The minimum atomic E-state index is 0.164. The Morgan fingerprint density at radius 1 is 1.43 bits per heavy atom. The highest BCUT2D eigenvalue weighted by atomic mass is 16.5. The molecule has 1 aromatic carbocycles. The zero-order chi connectivity index (χ0) is 9.97. The second kappa shape index (κ2) is 3.41. The molecule has 1 N–H and O–H groups in total. The first-order valence-corrected chi connectivity index (χ1v) is 4.14. The van der Waals surface area contributed by atoms with E-state index in [1.54, 1.807) is 25.1 Å². The van der Waals surface area contributed by atoms with Crippen LogP contribution in [-0.4, -0.2) is 10.3 Å². The predicted octanol–water partition coefficient (Wildman–Crippen LogP) is 2.48. The normalized spacial score (nSPS) is 10.1. The van der Waals surface area contributed by atoms with Crippen LogP contribution in [0.25, 0.3) is 0 Å². The van der Waals surface area contributed by atoms with E-state index in [4.69, 9.17) is 9.26 Å². The van der Waals surface area contributed by atoms with Crippen LogP contribution >= 0.6 is 0 Å². The molecule has 72 valence electrons. The van der Waals surface area contributed by atoms with Crippen LogP contribution in [0, 0.1) is 6.92 Å². The van der Waals surface area contributed by atoms with Gasteiger partial charge >= 0.3 is 0 Å². The number of aromatic hydroxyl groups is 1. The summed E-state index contributed by atoms with van der Waals surface area (Å²) in [4.78, 5) is 0. The number of phenolic OH excluding ortho intramolecular Hbond substituents is 1. The molecule has 4 nitrogen and oxygen atoms in total. The smallest absolute Gasteiger partial charge is 0.189 e. The van der Waals surface area contributed by atoms with Gasteiger partial charge in [0, 0.05) is 13.0 Å². The van der Waals surface area contributed by atoms with Crippen molar-refractivity contribution >= 4 is 0 Å². The number of nitrogens with zero attached hydrogens (tertiary/aromatic N) is 1. The van der Waals surface area contributed by atoms with Crippen LogP contribution in [0.2, 0.25) is 0 Å².